The summed E-state index contributed by atoms with van der Waals surface area (Å²) in [7, 11) is 0. The van der Waals surface area contributed by atoms with Crippen LogP contribution < -0.4 is 4.90 Å². The van der Waals surface area contributed by atoms with Gasteiger partial charge in [0.15, 0.2) is 5.58 Å². The lowest BCUT2D eigenvalue weighted by molar-refractivity contribution is 0.551. The molecule has 60 heavy (non-hydrogen) atoms. The molecule has 3 aromatic heterocycles. The average Bonchev–Trinajstić information content (AvgIpc) is 3.94. The summed E-state index contributed by atoms with van der Waals surface area (Å²) in [5, 5.41) is 5.40. The van der Waals surface area contributed by atoms with Crippen molar-refractivity contribution < 1.29 is 4.42 Å². The lowest BCUT2D eigenvalue weighted by atomic mass is 9.76. The fourth-order valence-electron chi connectivity index (χ4n) is 10.4. The van der Waals surface area contributed by atoms with Gasteiger partial charge in [0.2, 0.25) is 5.95 Å². The Morgan fingerprint density at radius 1 is 0.700 bits per heavy atom. The Morgan fingerprint density at radius 2 is 1.48 bits per heavy atom. The van der Waals surface area contributed by atoms with E-state index in [1.165, 1.54) is 28.1 Å². The third-order valence-electron chi connectivity index (χ3n) is 13.3. The topological polar surface area (TPSA) is 47.1 Å². The van der Waals surface area contributed by atoms with E-state index in [9.17, 15) is 0 Å². The van der Waals surface area contributed by atoms with Crippen molar-refractivity contribution in [2.24, 2.45) is 0 Å². The molecule has 5 heteroatoms. The van der Waals surface area contributed by atoms with Gasteiger partial charge in [-0.2, -0.15) is 0 Å². The van der Waals surface area contributed by atoms with Crippen LogP contribution >= 0.6 is 0 Å². The van der Waals surface area contributed by atoms with Crippen LogP contribution in [0.4, 0.5) is 11.4 Å². The van der Waals surface area contributed by atoms with Crippen molar-refractivity contribution in [3.05, 3.63) is 193 Å². The summed E-state index contributed by atoms with van der Waals surface area (Å²) in [6.45, 7) is 2.36. The maximum atomic E-state index is 6.89. The minimum Gasteiger partial charge on any atom is -0.454 e. The molecule has 0 fully saturated rings. The van der Waals surface area contributed by atoms with Crippen LogP contribution in [-0.4, -0.2) is 20.6 Å². The van der Waals surface area contributed by atoms with Gasteiger partial charge in [0, 0.05) is 49.3 Å². The molecule has 0 N–H and O–H groups in total. The molecule has 13 rings (SSSR count). The number of nitrogens with zero attached hydrogens (tertiary/aromatic N) is 4. The van der Waals surface area contributed by atoms with Gasteiger partial charge in [-0.3, -0.25) is 4.57 Å². The second-order valence-electron chi connectivity index (χ2n) is 16.6. The fourth-order valence-corrected chi connectivity index (χ4v) is 10.4. The van der Waals surface area contributed by atoms with E-state index < -0.39 is 0 Å². The molecule has 1 aliphatic heterocycles. The highest BCUT2D eigenvalue weighted by Gasteiger charge is 2.46. The number of fused-ring (bicyclic) bond motifs is 12. The summed E-state index contributed by atoms with van der Waals surface area (Å²) in [6, 6.07) is 52.7. The van der Waals surface area contributed by atoms with E-state index in [0.717, 1.165) is 89.9 Å². The summed E-state index contributed by atoms with van der Waals surface area (Å²) in [5.41, 5.74) is 15.1. The van der Waals surface area contributed by atoms with Crippen molar-refractivity contribution in [1.82, 2.24) is 14.5 Å². The van der Waals surface area contributed by atoms with Gasteiger partial charge in [0.1, 0.15) is 11.1 Å². The molecule has 2 atom stereocenters. The van der Waals surface area contributed by atoms with E-state index in [1.54, 1.807) is 0 Å². The predicted octanol–water partition coefficient (Wildman–Crippen LogP) is 13.8. The van der Waals surface area contributed by atoms with Gasteiger partial charge in [-0.05, 0) is 96.1 Å². The largest absolute Gasteiger partial charge is 0.454 e. The summed E-state index contributed by atoms with van der Waals surface area (Å²) in [5.74, 6) is 0.614. The Bertz CT molecular complexity index is 3530. The van der Waals surface area contributed by atoms with E-state index >= 15 is 0 Å². The number of benzene rings is 7. The molecular formula is C55H38N4O. The number of anilines is 2. The Labute approximate surface area is 346 Å². The first-order valence-electron chi connectivity index (χ1n) is 20.9. The van der Waals surface area contributed by atoms with Crippen molar-refractivity contribution in [1.29, 1.82) is 0 Å². The summed E-state index contributed by atoms with van der Waals surface area (Å²) in [4.78, 5) is 13.4. The van der Waals surface area contributed by atoms with Gasteiger partial charge in [-0.25, -0.2) is 9.97 Å². The molecule has 0 bridgehead atoms. The van der Waals surface area contributed by atoms with Gasteiger partial charge >= 0.3 is 0 Å². The molecule has 10 aromatic rings. The summed E-state index contributed by atoms with van der Waals surface area (Å²) >= 11 is 0. The number of aromatic nitrogens is 3. The van der Waals surface area contributed by atoms with E-state index in [1.807, 2.05) is 6.07 Å². The molecule has 0 radical (unpaired) electrons. The maximum Gasteiger partial charge on any atom is 0.235 e. The van der Waals surface area contributed by atoms with Gasteiger partial charge < -0.3 is 9.32 Å². The second kappa shape index (κ2) is 12.5. The third-order valence-corrected chi connectivity index (χ3v) is 13.3. The molecule has 284 valence electrons. The predicted molar refractivity (Wildman–Crippen MR) is 247 cm³/mol. The number of rotatable bonds is 4. The highest BCUT2D eigenvalue weighted by atomic mass is 16.3. The molecule has 2 unspecified atom stereocenters. The van der Waals surface area contributed by atoms with Crippen LogP contribution in [0.25, 0.3) is 89.1 Å². The van der Waals surface area contributed by atoms with Crippen LogP contribution in [0, 0.1) is 0 Å². The number of hydrogen-bond acceptors (Lipinski definition) is 4. The SMILES string of the molecule is CC12C=CC=CC1N(c1ccc(-c3cc4c5ccccc5oc4c4c3c3ccccc3n4-c3nc(-c4ccc5c(c4)C=CCC5)c4ccccc4n3)cc1)c1ccccc12. The van der Waals surface area contributed by atoms with Gasteiger partial charge in [-0.15, -0.1) is 0 Å². The third kappa shape index (κ3) is 4.69. The smallest absolute Gasteiger partial charge is 0.235 e. The first kappa shape index (κ1) is 33.5. The Hall–Kier alpha value is -7.50. The minimum absolute atomic E-state index is 0.104. The Balaban J connectivity index is 1.07. The number of para-hydroxylation sites is 4. The summed E-state index contributed by atoms with van der Waals surface area (Å²) in [6.07, 6.45) is 15.7. The van der Waals surface area contributed by atoms with Gasteiger partial charge in [-0.1, -0.05) is 134 Å². The standard InChI is InChI=1S/C55H38N4O/c1-55-31-13-12-24-49(55)58(47-22-10-7-19-44(47)55)38-29-27-35(28-30-38)42-33-43-39-16-6-11-23-48(39)60-53(43)52-50(42)41-18-5-9-21-46(41)59(52)54-56-45-20-8-4-17-40(45)51(57-54)37-26-25-34-14-2-3-15-36(34)32-37/h3-13,15-33,49H,2,14H2,1H3. The van der Waals surface area contributed by atoms with Crippen molar-refractivity contribution in [3.63, 3.8) is 0 Å². The molecule has 4 heterocycles. The number of aryl methyl sites for hydroxylation is 1. The lowest BCUT2D eigenvalue weighted by Gasteiger charge is -2.34. The molecule has 0 saturated carbocycles. The van der Waals surface area contributed by atoms with E-state index in [-0.39, 0.29) is 11.5 Å². The summed E-state index contributed by atoms with van der Waals surface area (Å²) < 4.78 is 9.13. The number of hydrogen-bond donors (Lipinski definition) is 0. The zero-order valence-corrected chi connectivity index (χ0v) is 33.0. The Kier molecular flexibility index (Phi) is 6.97. The molecular weight excluding hydrogens is 733 g/mol. The van der Waals surface area contributed by atoms with Gasteiger partial charge in [0.25, 0.3) is 0 Å². The van der Waals surface area contributed by atoms with Crippen LogP contribution in [0.1, 0.15) is 30.0 Å². The van der Waals surface area contributed by atoms with E-state index in [0.29, 0.717) is 5.95 Å². The van der Waals surface area contributed by atoms with Crippen LogP contribution in [0.3, 0.4) is 0 Å². The average molecular weight is 771 g/mol. The lowest BCUT2D eigenvalue weighted by Crippen LogP contribution is -2.39. The quantitative estimate of drug-likeness (QED) is 0.179. The first-order chi connectivity index (χ1) is 29.6. The Morgan fingerprint density at radius 3 is 2.40 bits per heavy atom. The van der Waals surface area contributed by atoms with Crippen LogP contribution in [-0.2, 0) is 11.8 Å². The molecule has 3 aliphatic rings. The zero-order chi connectivity index (χ0) is 39.5. The normalized spacial score (nSPS) is 17.9. The highest BCUT2D eigenvalue weighted by molar-refractivity contribution is 6.26. The second-order valence-corrected chi connectivity index (χ2v) is 16.6. The van der Waals surface area contributed by atoms with Crippen molar-refractivity contribution in [2.45, 2.75) is 31.2 Å². The van der Waals surface area contributed by atoms with Gasteiger partial charge in [0.05, 0.1) is 22.8 Å². The maximum absolute atomic E-state index is 6.89. The van der Waals surface area contributed by atoms with Crippen molar-refractivity contribution in [3.8, 4) is 28.3 Å². The van der Waals surface area contributed by atoms with Crippen LogP contribution in [0.15, 0.2) is 180 Å². The molecule has 2 aliphatic carbocycles. The van der Waals surface area contributed by atoms with Crippen LogP contribution in [0.2, 0.25) is 0 Å². The number of furan rings is 1. The van der Waals surface area contributed by atoms with E-state index in [2.05, 4.69) is 192 Å². The first-order valence-corrected chi connectivity index (χ1v) is 20.9. The zero-order valence-electron chi connectivity index (χ0n) is 33.0. The molecule has 0 spiro atoms. The minimum atomic E-state index is -0.104. The highest BCUT2D eigenvalue weighted by Crippen LogP contribution is 2.52. The van der Waals surface area contributed by atoms with Crippen molar-refractivity contribution >= 4 is 72.1 Å². The van der Waals surface area contributed by atoms with Crippen LogP contribution in [0.5, 0.6) is 0 Å². The monoisotopic (exact) mass is 770 g/mol. The molecule has 0 amide bonds. The van der Waals surface area contributed by atoms with Crippen molar-refractivity contribution in [2.75, 3.05) is 4.90 Å². The molecule has 5 nitrogen and oxygen atoms in total. The van der Waals surface area contributed by atoms with E-state index in [4.69, 9.17) is 14.4 Å². The molecule has 0 saturated heterocycles. The molecule has 7 aromatic carbocycles. The number of allylic oxidation sites excluding steroid dienone is 3. The fraction of sp³-hybridized carbons (Fsp3) is 0.0909.